The maximum absolute atomic E-state index is 12.8. The molecule has 3 aliphatic rings. The summed E-state index contributed by atoms with van der Waals surface area (Å²) in [6, 6.07) is 0.167. The Labute approximate surface area is 121 Å². The third-order valence-corrected chi connectivity index (χ3v) is 5.30. The van der Waals surface area contributed by atoms with E-state index >= 15 is 0 Å². The first kappa shape index (κ1) is 16.1. The molecule has 20 heavy (non-hydrogen) atoms. The van der Waals surface area contributed by atoms with Crippen LogP contribution >= 0.6 is 0 Å². The number of piperidine rings is 1. The Bertz CT molecular complexity index is 344. The van der Waals surface area contributed by atoms with E-state index in [0.29, 0.717) is 18.5 Å². The molecular formula is C15H29F2N3. The maximum atomic E-state index is 12.8. The van der Waals surface area contributed by atoms with Crippen molar-refractivity contribution in [1.29, 1.82) is 0 Å². The predicted octanol–water partition coefficient (Wildman–Crippen LogP) is 1.99. The van der Waals surface area contributed by atoms with Crippen molar-refractivity contribution in [3.8, 4) is 0 Å². The van der Waals surface area contributed by atoms with Crippen LogP contribution in [0.5, 0.6) is 0 Å². The van der Waals surface area contributed by atoms with E-state index in [2.05, 4.69) is 37.7 Å². The smallest absolute Gasteiger partial charge is 0.253 e. The largest absolute Gasteiger partial charge is 0.303 e. The Kier molecular flexibility index (Phi) is 4.43. The molecule has 0 amide bonds. The van der Waals surface area contributed by atoms with Gasteiger partial charge >= 0.3 is 0 Å². The molecule has 2 unspecified atom stereocenters. The van der Waals surface area contributed by atoms with Gasteiger partial charge in [0.05, 0.1) is 0 Å². The minimum Gasteiger partial charge on any atom is -0.303 e. The highest BCUT2D eigenvalue weighted by atomic mass is 19.3. The average molecular weight is 289 g/mol. The van der Waals surface area contributed by atoms with Crippen molar-refractivity contribution in [2.24, 2.45) is 5.92 Å². The number of fused-ring (bicyclic) bond motifs is 2. The molecule has 1 aliphatic carbocycles. The summed E-state index contributed by atoms with van der Waals surface area (Å²) in [5.74, 6) is -2.69. The van der Waals surface area contributed by atoms with Gasteiger partial charge in [-0.1, -0.05) is 0 Å². The van der Waals surface area contributed by atoms with E-state index in [1.165, 1.54) is 19.6 Å². The van der Waals surface area contributed by atoms with E-state index in [0.717, 1.165) is 0 Å². The van der Waals surface area contributed by atoms with Gasteiger partial charge in [-0.2, -0.15) is 0 Å². The zero-order valence-electron chi connectivity index (χ0n) is 13.5. The minimum atomic E-state index is -2.35. The monoisotopic (exact) mass is 289 g/mol. The number of piperazine rings is 1. The number of halogens is 2. The standard InChI is InChI=1S/C8H18N2.C7H11F2N/c1-8(2)7-9(3)5-6-10(8)4;1-10-4-5-2-6(10)3-7(5,8)9/h5-7H2,1-4H3;5-6H,2-4H2,1H3. The molecule has 0 aromatic carbocycles. The molecule has 2 aliphatic heterocycles. The molecular weight excluding hydrogens is 260 g/mol. The normalized spacial score (nSPS) is 36.8. The third kappa shape index (κ3) is 3.31. The van der Waals surface area contributed by atoms with Crippen molar-refractivity contribution in [3.63, 3.8) is 0 Å². The molecule has 2 atom stereocenters. The lowest BCUT2D eigenvalue weighted by Crippen LogP contribution is -2.56. The quantitative estimate of drug-likeness (QED) is 0.675. The molecule has 0 N–H and O–H groups in total. The molecule has 0 spiro atoms. The first-order chi connectivity index (χ1) is 9.12. The summed E-state index contributed by atoms with van der Waals surface area (Å²) in [6.07, 6.45) is 0.803. The minimum absolute atomic E-state index is 0.0914. The number of alkyl halides is 2. The summed E-state index contributed by atoms with van der Waals surface area (Å²) in [5.41, 5.74) is 0.368. The van der Waals surface area contributed by atoms with Crippen molar-refractivity contribution in [1.82, 2.24) is 14.7 Å². The summed E-state index contributed by atoms with van der Waals surface area (Å²) < 4.78 is 25.6. The second-order valence-corrected chi connectivity index (χ2v) is 7.46. The number of nitrogens with zero attached hydrogens (tertiary/aromatic N) is 3. The average Bonchev–Trinajstić information content (AvgIpc) is 2.79. The van der Waals surface area contributed by atoms with Gasteiger partial charge in [0.15, 0.2) is 0 Å². The summed E-state index contributed by atoms with van der Waals surface area (Å²) in [4.78, 5) is 6.86. The molecule has 3 fully saturated rings. The van der Waals surface area contributed by atoms with Crippen LogP contribution in [0.15, 0.2) is 0 Å². The van der Waals surface area contributed by atoms with E-state index in [4.69, 9.17) is 0 Å². The second-order valence-electron chi connectivity index (χ2n) is 7.46. The van der Waals surface area contributed by atoms with Gasteiger partial charge < -0.3 is 9.80 Å². The van der Waals surface area contributed by atoms with Crippen molar-refractivity contribution < 1.29 is 8.78 Å². The molecule has 2 saturated heterocycles. The van der Waals surface area contributed by atoms with Gasteiger partial charge in [0.1, 0.15) is 0 Å². The van der Waals surface area contributed by atoms with Gasteiger partial charge in [0.2, 0.25) is 0 Å². The molecule has 5 heteroatoms. The zero-order chi connectivity index (χ0) is 15.1. The summed E-state index contributed by atoms with van der Waals surface area (Å²) in [7, 11) is 6.32. The molecule has 2 bridgehead atoms. The van der Waals surface area contributed by atoms with Crippen LogP contribution in [0.1, 0.15) is 26.7 Å². The highest BCUT2D eigenvalue weighted by molar-refractivity contribution is 5.00. The second kappa shape index (κ2) is 5.50. The SMILES string of the molecule is CN1CC2CC1CC2(F)F.CN1CCN(C)C(C)(C)C1. The fraction of sp³-hybridized carbons (Fsp3) is 1.00. The maximum Gasteiger partial charge on any atom is 0.253 e. The Morgan fingerprint density at radius 3 is 2.05 bits per heavy atom. The lowest BCUT2D eigenvalue weighted by molar-refractivity contribution is -0.0634. The summed E-state index contributed by atoms with van der Waals surface area (Å²) in [5, 5.41) is 0. The van der Waals surface area contributed by atoms with Crippen molar-refractivity contribution in [2.45, 2.75) is 44.2 Å². The van der Waals surface area contributed by atoms with E-state index in [1.54, 1.807) is 0 Å². The van der Waals surface area contributed by atoms with E-state index in [9.17, 15) is 8.78 Å². The van der Waals surface area contributed by atoms with Gasteiger partial charge in [-0.3, -0.25) is 4.90 Å². The van der Waals surface area contributed by atoms with Crippen LogP contribution < -0.4 is 0 Å². The van der Waals surface area contributed by atoms with Crippen LogP contribution in [0, 0.1) is 5.92 Å². The van der Waals surface area contributed by atoms with Crippen molar-refractivity contribution in [3.05, 3.63) is 0 Å². The number of hydrogen-bond donors (Lipinski definition) is 0. The topological polar surface area (TPSA) is 9.72 Å². The molecule has 0 aromatic rings. The molecule has 3 nitrogen and oxygen atoms in total. The number of likely N-dealkylation sites (tertiary alicyclic amines) is 1. The lowest BCUT2D eigenvalue weighted by atomic mass is 10.0. The van der Waals surface area contributed by atoms with E-state index in [-0.39, 0.29) is 18.4 Å². The van der Waals surface area contributed by atoms with Gasteiger partial charge in [-0.15, -0.1) is 0 Å². The Balaban J connectivity index is 0.000000147. The van der Waals surface area contributed by atoms with Crippen LogP contribution in [0.3, 0.4) is 0 Å². The predicted molar refractivity (Wildman–Crippen MR) is 78.3 cm³/mol. The Hall–Kier alpha value is -0.260. The Morgan fingerprint density at radius 2 is 1.70 bits per heavy atom. The van der Waals surface area contributed by atoms with E-state index < -0.39 is 5.92 Å². The van der Waals surface area contributed by atoms with Crippen LogP contribution in [-0.2, 0) is 0 Å². The molecule has 3 rings (SSSR count). The zero-order valence-corrected chi connectivity index (χ0v) is 13.5. The number of likely N-dealkylation sites (N-methyl/N-ethyl adjacent to an activating group) is 2. The fourth-order valence-corrected chi connectivity index (χ4v) is 3.59. The van der Waals surface area contributed by atoms with Crippen LogP contribution in [0.25, 0.3) is 0 Å². The molecule has 2 heterocycles. The molecule has 0 radical (unpaired) electrons. The first-order valence-corrected chi connectivity index (χ1v) is 7.60. The van der Waals surface area contributed by atoms with Crippen molar-refractivity contribution >= 4 is 0 Å². The van der Waals surface area contributed by atoms with Crippen LogP contribution in [-0.4, -0.2) is 79.5 Å². The third-order valence-electron chi connectivity index (χ3n) is 5.30. The van der Waals surface area contributed by atoms with Crippen LogP contribution in [0.4, 0.5) is 8.78 Å². The number of hydrogen-bond acceptors (Lipinski definition) is 3. The van der Waals surface area contributed by atoms with Gasteiger partial charge in [0.25, 0.3) is 5.92 Å². The van der Waals surface area contributed by atoms with Gasteiger partial charge in [-0.25, -0.2) is 8.78 Å². The molecule has 118 valence electrons. The number of rotatable bonds is 0. The Morgan fingerprint density at radius 1 is 1.05 bits per heavy atom. The first-order valence-electron chi connectivity index (χ1n) is 7.60. The highest BCUT2D eigenvalue weighted by Gasteiger charge is 2.54. The summed E-state index contributed by atoms with van der Waals surface area (Å²) >= 11 is 0. The van der Waals surface area contributed by atoms with E-state index in [1.807, 2.05) is 11.9 Å². The lowest BCUT2D eigenvalue weighted by Gasteiger charge is -2.44. The highest BCUT2D eigenvalue weighted by Crippen LogP contribution is 2.47. The van der Waals surface area contributed by atoms with Crippen molar-refractivity contribution in [2.75, 3.05) is 47.3 Å². The molecule has 0 aromatic heterocycles. The summed E-state index contributed by atoms with van der Waals surface area (Å²) in [6.45, 7) is 8.77. The van der Waals surface area contributed by atoms with Crippen LogP contribution in [0.2, 0.25) is 0 Å². The fourth-order valence-electron chi connectivity index (χ4n) is 3.59. The van der Waals surface area contributed by atoms with Gasteiger partial charge in [-0.05, 0) is 41.4 Å². The molecule has 1 saturated carbocycles. The van der Waals surface area contributed by atoms with Gasteiger partial charge in [0, 0.05) is 50.1 Å².